The smallest absolute Gasteiger partial charge is 0.131 e. The summed E-state index contributed by atoms with van der Waals surface area (Å²) in [5.41, 5.74) is 0.522. The van der Waals surface area contributed by atoms with Gasteiger partial charge in [0.05, 0.1) is 0 Å². The van der Waals surface area contributed by atoms with Crippen LogP contribution in [0, 0.1) is 17.3 Å². The molecule has 0 N–H and O–H groups in total. The van der Waals surface area contributed by atoms with E-state index in [9.17, 15) is 0 Å². The van der Waals surface area contributed by atoms with Gasteiger partial charge in [0.25, 0.3) is 0 Å². The third-order valence-corrected chi connectivity index (χ3v) is 8.89. The van der Waals surface area contributed by atoms with Crippen LogP contribution in [0.1, 0.15) is 60.8 Å². The third-order valence-electron chi connectivity index (χ3n) is 5.30. The second-order valence-electron chi connectivity index (χ2n) is 8.31. The van der Waals surface area contributed by atoms with Gasteiger partial charge >= 0.3 is 0 Å². The minimum absolute atomic E-state index is 0.208. The van der Waals surface area contributed by atoms with E-state index in [-0.39, 0.29) is 4.75 Å². The van der Waals surface area contributed by atoms with Gasteiger partial charge in [0.15, 0.2) is 8.68 Å². The molecule has 3 unspecified atom stereocenters. The van der Waals surface area contributed by atoms with Gasteiger partial charge in [-0.25, -0.2) is 0 Å². The first-order valence-corrected chi connectivity index (χ1v) is 10.3. The quantitative estimate of drug-likeness (QED) is 0.655. The lowest BCUT2D eigenvalue weighted by molar-refractivity contribution is -0.0851. The molecule has 3 aliphatic carbocycles. The Morgan fingerprint density at radius 2 is 1.81 bits per heavy atom. The van der Waals surface area contributed by atoms with Crippen LogP contribution in [-0.2, 0) is 0 Å². The molecule has 0 spiro atoms. The summed E-state index contributed by atoms with van der Waals surface area (Å²) >= 11 is 5.59. The van der Waals surface area contributed by atoms with Gasteiger partial charge in [-0.1, -0.05) is 69.5 Å². The normalized spacial score (nSPS) is 34.6. The zero-order valence-electron chi connectivity index (χ0n) is 13.9. The number of aromatic nitrogens is 2. The van der Waals surface area contributed by atoms with Crippen LogP contribution in [0.5, 0.6) is 0 Å². The third kappa shape index (κ3) is 3.02. The Labute approximate surface area is 141 Å². The Hall–Kier alpha value is 0.260. The summed E-state index contributed by atoms with van der Waals surface area (Å²) in [6.07, 6.45) is 4.13. The van der Waals surface area contributed by atoms with E-state index in [1.54, 1.807) is 11.3 Å². The summed E-state index contributed by atoms with van der Waals surface area (Å²) in [6.45, 7) is 14.1. The van der Waals surface area contributed by atoms with Gasteiger partial charge in [-0.2, -0.15) is 0 Å². The van der Waals surface area contributed by atoms with Crippen molar-refractivity contribution in [2.45, 2.75) is 79.0 Å². The summed E-state index contributed by atoms with van der Waals surface area (Å²) in [6, 6.07) is 0. The van der Waals surface area contributed by atoms with Crippen molar-refractivity contribution in [2.75, 3.05) is 0 Å². The summed E-state index contributed by atoms with van der Waals surface area (Å²) in [4.78, 5) is 0. The lowest BCUT2D eigenvalue weighted by atomic mass is 9.45. The van der Waals surface area contributed by atoms with Crippen LogP contribution in [0.4, 0.5) is 0 Å². The Morgan fingerprint density at radius 3 is 2.38 bits per heavy atom. The topological polar surface area (TPSA) is 25.8 Å². The molecule has 3 fully saturated rings. The van der Waals surface area contributed by atoms with Crippen LogP contribution in [-0.4, -0.2) is 19.7 Å². The minimum Gasteiger partial charge on any atom is -0.131 e. The fourth-order valence-electron chi connectivity index (χ4n) is 4.04. The molecule has 0 aromatic carbocycles. The molecule has 3 atom stereocenters. The highest BCUT2D eigenvalue weighted by atomic mass is 32.2. The van der Waals surface area contributed by atoms with E-state index in [2.05, 4.69) is 51.7 Å². The molecule has 4 rings (SSSR count). The van der Waals surface area contributed by atoms with E-state index in [0.717, 1.165) is 20.5 Å². The molecular weight excluding hydrogens is 316 g/mol. The first-order valence-electron chi connectivity index (χ1n) is 7.82. The van der Waals surface area contributed by atoms with Crippen molar-refractivity contribution in [2.24, 2.45) is 17.3 Å². The molecule has 21 heavy (non-hydrogen) atoms. The molecule has 2 bridgehead atoms. The average Bonchev–Trinajstić information content (AvgIpc) is 2.72. The molecule has 3 saturated carbocycles. The molecule has 1 heterocycles. The minimum atomic E-state index is 0.208. The maximum atomic E-state index is 4.45. The van der Waals surface area contributed by atoms with Gasteiger partial charge in [0.1, 0.15) is 0 Å². The fraction of sp³-hybridized carbons (Fsp3) is 0.875. The van der Waals surface area contributed by atoms with E-state index < -0.39 is 0 Å². The molecular formula is C16H26N2S3. The van der Waals surface area contributed by atoms with Gasteiger partial charge in [0, 0.05) is 9.49 Å². The maximum Gasteiger partial charge on any atom is 0.175 e. The van der Waals surface area contributed by atoms with Crippen molar-refractivity contribution < 1.29 is 0 Å². The second kappa shape index (κ2) is 5.13. The summed E-state index contributed by atoms with van der Waals surface area (Å²) in [7, 11) is 0. The van der Waals surface area contributed by atoms with E-state index in [0.29, 0.717) is 10.2 Å². The zero-order chi connectivity index (χ0) is 15.5. The lowest BCUT2D eigenvalue weighted by Crippen LogP contribution is -2.58. The van der Waals surface area contributed by atoms with Gasteiger partial charge in [-0.3, -0.25) is 0 Å². The van der Waals surface area contributed by atoms with E-state index in [1.807, 2.05) is 23.5 Å². The van der Waals surface area contributed by atoms with Crippen LogP contribution >= 0.6 is 34.9 Å². The monoisotopic (exact) mass is 342 g/mol. The van der Waals surface area contributed by atoms with Crippen LogP contribution in [0.2, 0.25) is 0 Å². The molecule has 0 radical (unpaired) electrons. The largest absolute Gasteiger partial charge is 0.175 e. The number of rotatable bonds is 3. The Kier molecular flexibility index (Phi) is 3.94. The molecule has 118 valence electrons. The fourth-order valence-corrected chi connectivity index (χ4v) is 8.49. The van der Waals surface area contributed by atoms with E-state index >= 15 is 0 Å². The standard InChI is InChI=1S/C16H26N2S3/c1-14(2,3)20-12-17-18-13(19-12)21-16(6)8-7-10-9-11(16)15(10,4)5/h10-11H,7-9H2,1-6H3. The highest BCUT2D eigenvalue weighted by Gasteiger charge is 2.59. The number of hydrogen-bond donors (Lipinski definition) is 0. The first-order chi connectivity index (χ1) is 9.60. The SMILES string of the molecule is CC(C)(C)Sc1nnc(SC2(C)CCC3CC2C3(C)C)s1. The predicted molar refractivity (Wildman–Crippen MR) is 94.4 cm³/mol. The Bertz CT molecular complexity index is 530. The molecule has 0 amide bonds. The van der Waals surface area contributed by atoms with Gasteiger partial charge in [-0.15, -0.1) is 10.2 Å². The highest BCUT2D eigenvalue weighted by molar-refractivity contribution is 8.04. The average molecular weight is 343 g/mol. The van der Waals surface area contributed by atoms with Crippen molar-refractivity contribution in [3.05, 3.63) is 0 Å². The van der Waals surface area contributed by atoms with Gasteiger partial charge < -0.3 is 0 Å². The molecule has 0 aliphatic heterocycles. The molecule has 3 aliphatic rings. The van der Waals surface area contributed by atoms with Crippen molar-refractivity contribution in [1.82, 2.24) is 10.2 Å². The number of thioether (sulfide) groups is 2. The molecule has 5 heteroatoms. The number of nitrogens with zero attached hydrogens (tertiary/aromatic N) is 2. The number of hydrogen-bond acceptors (Lipinski definition) is 5. The second-order valence-corrected chi connectivity index (χ2v) is 13.1. The van der Waals surface area contributed by atoms with Crippen LogP contribution in [0.25, 0.3) is 0 Å². The van der Waals surface area contributed by atoms with Gasteiger partial charge in [0.2, 0.25) is 0 Å². The van der Waals surface area contributed by atoms with Crippen molar-refractivity contribution in [3.63, 3.8) is 0 Å². The van der Waals surface area contributed by atoms with Crippen molar-refractivity contribution >= 4 is 34.9 Å². The number of fused-ring (bicyclic) bond motifs is 2. The predicted octanol–water partition coefficient (Wildman–Crippen LogP) is 5.74. The van der Waals surface area contributed by atoms with E-state index in [4.69, 9.17) is 0 Å². The summed E-state index contributed by atoms with van der Waals surface area (Å²) in [5, 5.41) is 8.83. The van der Waals surface area contributed by atoms with Crippen LogP contribution in [0.15, 0.2) is 8.68 Å². The van der Waals surface area contributed by atoms with Crippen LogP contribution < -0.4 is 0 Å². The van der Waals surface area contributed by atoms with E-state index in [1.165, 1.54) is 19.3 Å². The molecule has 1 aromatic rings. The molecule has 0 saturated heterocycles. The van der Waals surface area contributed by atoms with Crippen molar-refractivity contribution in [1.29, 1.82) is 0 Å². The zero-order valence-corrected chi connectivity index (χ0v) is 16.3. The first kappa shape index (κ1) is 16.1. The molecule has 2 nitrogen and oxygen atoms in total. The summed E-state index contributed by atoms with van der Waals surface area (Å²) in [5.74, 6) is 1.79. The Morgan fingerprint density at radius 1 is 1.14 bits per heavy atom. The maximum absolute atomic E-state index is 4.45. The lowest BCUT2D eigenvalue weighted by Gasteiger charge is -2.64. The van der Waals surface area contributed by atoms with Gasteiger partial charge in [-0.05, 0) is 43.4 Å². The Balaban J connectivity index is 1.72. The summed E-state index contributed by atoms with van der Waals surface area (Å²) < 4.78 is 2.82. The van der Waals surface area contributed by atoms with Crippen LogP contribution in [0.3, 0.4) is 0 Å². The van der Waals surface area contributed by atoms with Crippen molar-refractivity contribution in [3.8, 4) is 0 Å². The highest BCUT2D eigenvalue weighted by Crippen LogP contribution is 2.67. The molecule has 1 aromatic heterocycles.